The van der Waals surface area contributed by atoms with E-state index in [1.807, 2.05) is 30.3 Å². The van der Waals surface area contributed by atoms with Gasteiger partial charge in [-0.1, -0.05) is 24.3 Å². The average Bonchev–Trinajstić information content (AvgIpc) is 2.40. The summed E-state index contributed by atoms with van der Waals surface area (Å²) in [4.78, 5) is 15.5. The van der Waals surface area contributed by atoms with Crippen LogP contribution in [-0.2, 0) is 10.3 Å². The Morgan fingerprint density at radius 2 is 1.94 bits per heavy atom. The highest BCUT2D eigenvalue weighted by Gasteiger charge is 2.35. The van der Waals surface area contributed by atoms with Gasteiger partial charge in [-0.25, -0.2) is 4.79 Å². The van der Waals surface area contributed by atoms with Crippen LogP contribution in [0.4, 0.5) is 5.69 Å². The fraction of sp³-hybridized carbons (Fsp3) is 0.143. The van der Waals surface area contributed by atoms with Crippen LogP contribution in [-0.4, -0.2) is 16.1 Å². The molecular formula is C14H14N2O2. The lowest BCUT2D eigenvalue weighted by Gasteiger charge is -2.27. The number of para-hydroxylation sites is 1. The zero-order valence-electron chi connectivity index (χ0n) is 10.00. The van der Waals surface area contributed by atoms with Crippen LogP contribution in [0.15, 0.2) is 54.9 Å². The molecule has 92 valence electrons. The zero-order valence-corrected chi connectivity index (χ0v) is 10.00. The number of aromatic nitrogens is 1. The molecule has 2 rings (SSSR count). The van der Waals surface area contributed by atoms with Gasteiger partial charge in [0.1, 0.15) is 0 Å². The van der Waals surface area contributed by atoms with E-state index in [0.29, 0.717) is 5.56 Å². The van der Waals surface area contributed by atoms with Gasteiger partial charge in [0.25, 0.3) is 0 Å². The van der Waals surface area contributed by atoms with E-state index in [1.54, 1.807) is 31.5 Å². The highest BCUT2D eigenvalue weighted by atomic mass is 16.4. The summed E-state index contributed by atoms with van der Waals surface area (Å²) in [6.07, 6.45) is 3.18. The van der Waals surface area contributed by atoms with Gasteiger partial charge in [-0.2, -0.15) is 0 Å². The maximum absolute atomic E-state index is 11.5. The van der Waals surface area contributed by atoms with Crippen molar-refractivity contribution in [3.63, 3.8) is 0 Å². The van der Waals surface area contributed by atoms with Crippen molar-refractivity contribution >= 4 is 11.7 Å². The molecule has 0 saturated carbocycles. The average molecular weight is 242 g/mol. The first-order chi connectivity index (χ1) is 8.63. The molecule has 1 unspecified atom stereocenters. The summed E-state index contributed by atoms with van der Waals surface area (Å²) in [6, 6.07) is 12.7. The third-order valence-corrected chi connectivity index (χ3v) is 2.83. The van der Waals surface area contributed by atoms with E-state index in [4.69, 9.17) is 0 Å². The van der Waals surface area contributed by atoms with Gasteiger partial charge in [0.15, 0.2) is 5.54 Å². The predicted octanol–water partition coefficient (Wildman–Crippen LogP) is 2.49. The van der Waals surface area contributed by atoms with Gasteiger partial charge in [-0.3, -0.25) is 4.98 Å². The van der Waals surface area contributed by atoms with Crippen LogP contribution in [0, 0.1) is 0 Å². The molecule has 0 amide bonds. The maximum atomic E-state index is 11.5. The van der Waals surface area contributed by atoms with E-state index in [0.717, 1.165) is 5.69 Å². The third kappa shape index (κ3) is 2.32. The Labute approximate surface area is 105 Å². The molecule has 0 spiro atoms. The van der Waals surface area contributed by atoms with Gasteiger partial charge in [-0.05, 0) is 25.1 Å². The number of hydrogen-bond acceptors (Lipinski definition) is 3. The summed E-state index contributed by atoms with van der Waals surface area (Å²) in [5.41, 5.74) is 0.169. The molecule has 4 nitrogen and oxygen atoms in total. The third-order valence-electron chi connectivity index (χ3n) is 2.83. The van der Waals surface area contributed by atoms with Crippen LogP contribution < -0.4 is 5.32 Å². The van der Waals surface area contributed by atoms with E-state index >= 15 is 0 Å². The van der Waals surface area contributed by atoms with Crippen molar-refractivity contribution in [1.29, 1.82) is 0 Å². The quantitative estimate of drug-likeness (QED) is 0.864. The van der Waals surface area contributed by atoms with Crippen LogP contribution in [0.2, 0.25) is 0 Å². The minimum absolute atomic E-state index is 0.612. The molecule has 0 aliphatic carbocycles. The molecule has 1 aromatic heterocycles. The fourth-order valence-corrected chi connectivity index (χ4v) is 1.72. The SMILES string of the molecule is CC(Nc1ccccc1)(C(=O)O)c1cccnc1. The van der Waals surface area contributed by atoms with Crippen molar-refractivity contribution in [2.24, 2.45) is 0 Å². The number of pyridine rings is 1. The molecular weight excluding hydrogens is 228 g/mol. The topological polar surface area (TPSA) is 62.2 Å². The molecule has 0 saturated heterocycles. The number of rotatable bonds is 4. The Balaban J connectivity index is 2.37. The van der Waals surface area contributed by atoms with Crippen molar-refractivity contribution in [2.45, 2.75) is 12.5 Å². The molecule has 0 radical (unpaired) electrons. The maximum Gasteiger partial charge on any atom is 0.333 e. The van der Waals surface area contributed by atoms with E-state index in [9.17, 15) is 9.90 Å². The van der Waals surface area contributed by atoms with E-state index in [1.165, 1.54) is 0 Å². The molecule has 4 heteroatoms. The Kier molecular flexibility index (Phi) is 3.28. The highest BCUT2D eigenvalue weighted by molar-refractivity contribution is 5.84. The van der Waals surface area contributed by atoms with Gasteiger partial charge in [0.05, 0.1) is 0 Å². The fourth-order valence-electron chi connectivity index (χ4n) is 1.72. The molecule has 1 aromatic carbocycles. The minimum Gasteiger partial charge on any atom is -0.479 e. The molecule has 2 N–H and O–H groups in total. The Morgan fingerprint density at radius 1 is 1.22 bits per heavy atom. The van der Waals surface area contributed by atoms with Crippen LogP contribution >= 0.6 is 0 Å². The number of anilines is 1. The molecule has 1 atom stereocenters. The number of hydrogen-bond donors (Lipinski definition) is 2. The second kappa shape index (κ2) is 4.87. The predicted molar refractivity (Wildman–Crippen MR) is 69.3 cm³/mol. The van der Waals surface area contributed by atoms with E-state index in [2.05, 4.69) is 10.3 Å². The minimum atomic E-state index is -1.20. The van der Waals surface area contributed by atoms with Crippen molar-refractivity contribution in [3.05, 3.63) is 60.4 Å². The van der Waals surface area contributed by atoms with Crippen molar-refractivity contribution in [2.75, 3.05) is 5.32 Å². The van der Waals surface area contributed by atoms with Gasteiger partial charge >= 0.3 is 5.97 Å². The van der Waals surface area contributed by atoms with Crippen LogP contribution in [0.25, 0.3) is 0 Å². The van der Waals surface area contributed by atoms with Gasteiger partial charge in [0, 0.05) is 23.6 Å². The normalized spacial score (nSPS) is 13.6. The van der Waals surface area contributed by atoms with E-state index < -0.39 is 11.5 Å². The lowest BCUT2D eigenvalue weighted by Crippen LogP contribution is -2.40. The van der Waals surface area contributed by atoms with Gasteiger partial charge in [-0.15, -0.1) is 0 Å². The Morgan fingerprint density at radius 3 is 2.50 bits per heavy atom. The molecule has 0 fully saturated rings. The number of benzene rings is 1. The molecule has 1 heterocycles. The number of carbonyl (C=O) groups is 1. The largest absolute Gasteiger partial charge is 0.479 e. The number of aliphatic carboxylic acids is 1. The summed E-state index contributed by atoms with van der Waals surface area (Å²) >= 11 is 0. The smallest absolute Gasteiger partial charge is 0.333 e. The van der Waals surface area contributed by atoms with Crippen molar-refractivity contribution < 1.29 is 9.90 Å². The van der Waals surface area contributed by atoms with Crippen LogP contribution in [0.3, 0.4) is 0 Å². The summed E-state index contributed by atoms with van der Waals surface area (Å²) < 4.78 is 0. The molecule has 0 aliphatic heterocycles. The van der Waals surface area contributed by atoms with Gasteiger partial charge in [0.2, 0.25) is 0 Å². The second-order valence-corrected chi connectivity index (χ2v) is 4.16. The summed E-state index contributed by atoms with van der Waals surface area (Å²) in [7, 11) is 0. The summed E-state index contributed by atoms with van der Waals surface area (Å²) in [5, 5.41) is 12.5. The van der Waals surface area contributed by atoms with Crippen molar-refractivity contribution in [3.8, 4) is 0 Å². The summed E-state index contributed by atoms with van der Waals surface area (Å²) in [5.74, 6) is -0.945. The molecule has 2 aromatic rings. The highest BCUT2D eigenvalue weighted by Crippen LogP contribution is 2.25. The lowest BCUT2D eigenvalue weighted by atomic mass is 9.93. The Bertz CT molecular complexity index is 528. The van der Waals surface area contributed by atoms with Crippen LogP contribution in [0.1, 0.15) is 12.5 Å². The number of nitrogens with one attached hydrogen (secondary N) is 1. The second-order valence-electron chi connectivity index (χ2n) is 4.16. The first-order valence-corrected chi connectivity index (χ1v) is 5.60. The first kappa shape index (κ1) is 12.1. The lowest BCUT2D eigenvalue weighted by molar-refractivity contribution is -0.142. The molecule has 0 aliphatic rings. The molecule has 0 bridgehead atoms. The summed E-state index contributed by atoms with van der Waals surface area (Å²) in [6.45, 7) is 1.62. The Hall–Kier alpha value is -2.36. The molecule has 18 heavy (non-hydrogen) atoms. The van der Waals surface area contributed by atoms with Crippen LogP contribution in [0.5, 0.6) is 0 Å². The standard InChI is InChI=1S/C14H14N2O2/c1-14(13(17)18,11-6-5-9-15-10-11)16-12-7-3-2-4-8-12/h2-10,16H,1H3,(H,17,18). The van der Waals surface area contributed by atoms with Gasteiger partial charge < -0.3 is 10.4 Å². The number of carboxylic acid groups (broad SMARTS) is 1. The zero-order chi connectivity index (χ0) is 13.0. The van der Waals surface area contributed by atoms with Crippen molar-refractivity contribution in [1.82, 2.24) is 4.98 Å². The number of carboxylic acids is 1. The monoisotopic (exact) mass is 242 g/mol. The van der Waals surface area contributed by atoms with E-state index in [-0.39, 0.29) is 0 Å². The number of nitrogens with zero attached hydrogens (tertiary/aromatic N) is 1. The first-order valence-electron chi connectivity index (χ1n) is 5.60.